The van der Waals surface area contributed by atoms with E-state index in [1.54, 1.807) is 0 Å². The van der Waals surface area contributed by atoms with Crippen molar-refractivity contribution in [3.8, 4) is 17.4 Å². The first-order valence-electron chi connectivity index (χ1n) is 5.94. The van der Waals surface area contributed by atoms with Crippen LogP contribution in [0.1, 0.15) is 16.1 Å². The van der Waals surface area contributed by atoms with Crippen molar-refractivity contribution >= 4 is 5.97 Å². The lowest BCUT2D eigenvalue weighted by Gasteiger charge is -2.13. The molecule has 0 amide bonds. The standard InChI is InChI=1S/C14H10F3NO4/c1-21-11-6-5-8(7-9(11)14(15,16)17)22-12-4-2-3-10(18-12)13(19)20/h2-7H,1H3,(H,19,20). The van der Waals surface area contributed by atoms with Crippen LogP contribution in [0.3, 0.4) is 0 Å². The van der Waals surface area contributed by atoms with Crippen LogP contribution in [-0.2, 0) is 6.18 Å². The summed E-state index contributed by atoms with van der Waals surface area (Å²) in [7, 11) is 1.13. The number of ether oxygens (including phenoxy) is 2. The van der Waals surface area contributed by atoms with Gasteiger partial charge in [0.1, 0.15) is 17.1 Å². The van der Waals surface area contributed by atoms with E-state index in [1.807, 2.05) is 0 Å². The molecular formula is C14H10F3NO4. The monoisotopic (exact) mass is 313 g/mol. The number of hydrogen-bond donors (Lipinski definition) is 1. The van der Waals surface area contributed by atoms with E-state index in [0.29, 0.717) is 0 Å². The van der Waals surface area contributed by atoms with Crippen LogP contribution in [-0.4, -0.2) is 23.2 Å². The van der Waals surface area contributed by atoms with Crippen molar-refractivity contribution in [3.63, 3.8) is 0 Å². The third-order valence-corrected chi connectivity index (χ3v) is 2.64. The van der Waals surface area contributed by atoms with Crippen LogP contribution in [0.2, 0.25) is 0 Å². The van der Waals surface area contributed by atoms with Gasteiger partial charge < -0.3 is 14.6 Å². The van der Waals surface area contributed by atoms with Crippen molar-refractivity contribution in [2.45, 2.75) is 6.18 Å². The van der Waals surface area contributed by atoms with E-state index < -0.39 is 17.7 Å². The molecule has 8 heteroatoms. The maximum absolute atomic E-state index is 12.9. The molecule has 0 aliphatic rings. The maximum atomic E-state index is 12.9. The van der Waals surface area contributed by atoms with Crippen LogP contribution in [0.15, 0.2) is 36.4 Å². The molecule has 0 unspecified atom stereocenters. The second-order valence-electron chi connectivity index (χ2n) is 4.13. The Bertz CT molecular complexity index is 701. The molecule has 116 valence electrons. The Balaban J connectivity index is 2.34. The Kier molecular flexibility index (Phi) is 4.20. The van der Waals surface area contributed by atoms with Gasteiger partial charge in [-0.3, -0.25) is 0 Å². The zero-order valence-corrected chi connectivity index (χ0v) is 11.2. The minimum absolute atomic E-state index is 0.127. The van der Waals surface area contributed by atoms with Gasteiger partial charge in [0.05, 0.1) is 7.11 Å². The predicted molar refractivity (Wildman–Crippen MR) is 69.3 cm³/mol. The number of carboxylic acid groups (broad SMARTS) is 1. The summed E-state index contributed by atoms with van der Waals surface area (Å²) < 4.78 is 48.5. The Morgan fingerprint density at radius 2 is 1.95 bits per heavy atom. The average molecular weight is 313 g/mol. The number of nitrogens with zero attached hydrogens (tertiary/aromatic N) is 1. The summed E-state index contributed by atoms with van der Waals surface area (Å²) in [4.78, 5) is 14.5. The van der Waals surface area contributed by atoms with Crippen molar-refractivity contribution < 1.29 is 32.5 Å². The minimum Gasteiger partial charge on any atom is -0.496 e. The zero-order chi connectivity index (χ0) is 16.3. The van der Waals surface area contributed by atoms with Gasteiger partial charge in [0.15, 0.2) is 5.69 Å². The van der Waals surface area contributed by atoms with Gasteiger partial charge >= 0.3 is 12.1 Å². The fraction of sp³-hybridized carbons (Fsp3) is 0.143. The molecule has 1 N–H and O–H groups in total. The summed E-state index contributed by atoms with van der Waals surface area (Å²) in [6.45, 7) is 0. The molecule has 0 atom stereocenters. The van der Waals surface area contributed by atoms with Crippen molar-refractivity contribution in [3.05, 3.63) is 47.7 Å². The molecule has 1 aromatic carbocycles. The molecule has 5 nitrogen and oxygen atoms in total. The number of halogens is 3. The van der Waals surface area contributed by atoms with Gasteiger partial charge in [-0.25, -0.2) is 9.78 Å². The van der Waals surface area contributed by atoms with Crippen molar-refractivity contribution in [1.29, 1.82) is 0 Å². The summed E-state index contributed by atoms with van der Waals surface area (Å²) in [6.07, 6.45) is -4.61. The quantitative estimate of drug-likeness (QED) is 0.934. The van der Waals surface area contributed by atoms with E-state index in [4.69, 9.17) is 9.84 Å². The molecule has 22 heavy (non-hydrogen) atoms. The fourth-order valence-electron chi connectivity index (χ4n) is 1.68. The molecule has 0 radical (unpaired) electrons. The maximum Gasteiger partial charge on any atom is 0.420 e. The number of carbonyl (C=O) groups is 1. The number of hydrogen-bond acceptors (Lipinski definition) is 4. The SMILES string of the molecule is COc1ccc(Oc2cccc(C(=O)O)n2)cc1C(F)(F)F. The van der Waals surface area contributed by atoms with Crippen LogP contribution in [0.5, 0.6) is 17.4 Å². The highest BCUT2D eigenvalue weighted by atomic mass is 19.4. The van der Waals surface area contributed by atoms with Gasteiger partial charge in [0.2, 0.25) is 5.88 Å². The first-order chi connectivity index (χ1) is 10.3. The molecule has 0 aliphatic carbocycles. The summed E-state index contributed by atoms with van der Waals surface area (Å²) >= 11 is 0. The Labute approximate surface area is 122 Å². The number of pyridine rings is 1. The van der Waals surface area contributed by atoms with Crippen molar-refractivity contribution in [1.82, 2.24) is 4.98 Å². The highest BCUT2D eigenvalue weighted by Crippen LogP contribution is 2.38. The zero-order valence-electron chi connectivity index (χ0n) is 11.2. The number of alkyl halides is 3. The predicted octanol–water partition coefficient (Wildman–Crippen LogP) is 3.60. The van der Waals surface area contributed by atoms with Gasteiger partial charge in [-0.05, 0) is 24.3 Å². The van der Waals surface area contributed by atoms with Gasteiger partial charge in [-0.15, -0.1) is 0 Å². The van der Waals surface area contributed by atoms with Crippen LogP contribution >= 0.6 is 0 Å². The summed E-state index contributed by atoms with van der Waals surface area (Å²) in [5, 5.41) is 8.81. The van der Waals surface area contributed by atoms with Crippen LogP contribution in [0.25, 0.3) is 0 Å². The Hall–Kier alpha value is -2.77. The van der Waals surface area contributed by atoms with E-state index in [-0.39, 0.29) is 23.1 Å². The van der Waals surface area contributed by atoms with Gasteiger partial charge in [-0.1, -0.05) is 6.07 Å². The highest BCUT2D eigenvalue weighted by Gasteiger charge is 2.34. The Morgan fingerprint density at radius 3 is 2.55 bits per heavy atom. The molecule has 2 aromatic rings. The Morgan fingerprint density at radius 1 is 1.23 bits per heavy atom. The topological polar surface area (TPSA) is 68.7 Å². The van der Waals surface area contributed by atoms with E-state index in [2.05, 4.69) is 9.72 Å². The molecule has 1 aromatic heterocycles. The molecule has 0 bridgehead atoms. The number of benzene rings is 1. The highest BCUT2D eigenvalue weighted by molar-refractivity contribution is 5.85. The third kappa shape index (κ3) is 3.46. The van der Waals surface area contributed by atoms with Gasteiger partial charge in [-0.2, -0.15) is 13.2 Å². The summed E-state index contributed by atoms with van der Waals surface area (Å²) in [5.74, 6) is -1.87. The smallest absolute Gasteiger partial charge is 0.420 e. The second-order valence-corrected chi connectivity index (χ2v) is 4.13. The molecular weight excluding hydrogens is 303 g/mol. The van der Waals surface area contributed by atoms with E-state index in [9.17, 15) is 18.0 Å². The lowest BCUT2D eigenvalue weighted by atomic mass is 10.2. The lowest BCUT2D eigenvalue weighted by molar-refractivity contribution is -0.138. The second kappa shape index (κ2) is 5.92. The van der Waals surface area contributed by atoms with Gasteiger partial charge in [0.25, 0.3) is 0 Å². The normalized spacial score (nSPS) is 11.1. The van der Waals surface area contributed by atoms with E-state index in [0.717, 1.165) is 19.2 Å². The lowest BCUT2D eigenvalue weighted by Crippen LogP contribution is -2.07. The summed E-state index contributed by atoms with van der Waals surface area (Å²) in [5.41, 5.74) is -1.27. The number of aromatic carboxylic acids is 1. The largest absolute Gasteiger partial charge is 0.496 e. The molecule has 0 spiro atoms. The first-order valence-corrected chi connectivity index (χ1v) is 5.94. The minimum atomic E-state index is -4.61. The summed E-state index contributed by atoms with van der Waals surface area (Å²) in [6, 6.07) is 7.09. The number of carboxylic acids is 1. The van der Waals surface area contributed by atoms with E-state index in [1.165, 1.54) is 24.3 Å². The molecule has 0 saturated carbocycles. The average Bonchev–Trinajstić information content (AvgIpc) is 2.46. The molecule has 0 saturated heterocycles. The third-order valence-electron chi connectivity index (χ3n) is 2.64. The first kappa shape index (κ1) is 15.6. The number of rotatable bonds is 4. The molecule has 0 fully saturated rings. The molecule has 1 heterocycles. The number of aromatic nitrogens is 1. The van der Waals surface area contributed by atoms with Crippen molar-refractivity contribution in [2.24, 2.45) is 0 Å². The van der Waals surface area contributed by atoms with Crippen molar-refractivity contribution in [2.75, 3.05) is 7.11 Å². The van der Waals surface area contributed by atoms with Crippen LogP contribution in [0, 0.1) is 0 Å². The van der Waals surface area contributed by atoms with Crippen LogP contribution < -0.4 is 9.47 Å². The fourth-order valence-corrected chi connectivity index (χ4v) is 1.68. The van der Waals surface area contributed by atoms with E-state index >= 15 is 0 Å². The number of methoxy groups -OCH3 is 1. The van der Waals surface area contributed by atoms with Crippen LogP contribution in [0.4, 0.5) is 13.2 Å². The molecule has 2 rings (SSSR count). The van der Waals surface area contributed by atoms with Gasteiger partial charge in [0, 0.05) is 6.07 Å². The molecule has 0 aliphatic heterocycles.